The van der Waals surface area contributed by atoms with Gasteiger partial charge in [-0.1, -0.05) is 20.8 Å². The van der Waals surface area contributed by atoms with Gasteiger partial charge in [-0.3, -0.25) is 0 Å². The monoisotopic (exact) mass is 280 g/mol. The Morgan fingerprint density at radius 2 is 1.50 bits per heavy atom. The molecule has 2 rings (SSSR count). The lowest BCUT2D eigenvalue weighted by atomic mass is 9.73. The van der Waals surface area contributed by atoms with Crippen molar-refractivity contribution < 1.29 is 0 Å². The van der Waals surface area contributed by atoms with Crippen LogP contribution in [0.1, 0.15) is 67.2 Å². The van der Waals surface area contributed by atoms with Crippen molar-refractivity contribution in [3.8, 4) is 0 Å². The van der Waals surface area contributed by atoms with E-state index in [9.17, 15) is 0 Å². The van der Waals surface area contributed by atoms with E-state index in [-0.39, 0.29) is 5.54 Å². The van der Waals surface area contributed by atoms with E-state index < -0.39 is 0 Å². The molecule has 20 heavy (non-hydrogen) atoms. The van der Waals surface area contributed by atoms with Crippen LogP contribution in [0.3, 0.4) is 0 Å². The standard InChI is InChI=1S/C18H36N2/c1-17(2,3)15-9-11-20(12-10-15)16-8-7-14(16)13-19-18(4,5)6/h14-16,19H,7-13H2,1-6H3. The number of nitrogens with one attached hydrogen (secondary N) is 1. The molecule has 1 aliphatic carbocycles. The molecule has 2 atom stereocenters. The molecule has 1 heterocycles. The van der Waals surface area contributed by atoms with Crippen molar-refractivity contribution >= 4 is 0 Å². The molecule has 2 fully saturated rings. The number of hydrogen-bond donors (Lipinski definition) is 1. The smallest absolute Gasteiger partial charge is 0.0136 e. The maximum absolute atomic E-state index is 3.70. The summed E-state index contributed by atoms with van der Waals surface area (Å²) in [6, 6.07) is 0.866. The molecule has 1 saturated carbocycles. The Balaban J connectivity index is 1.77. The number of piperidine rings is 1. The molecule has 0 radical (unpaired) electrons. The fourth-order valence-electron chi connectivity index (χ4n) is 3.80. The zero-order valence-corrected chi connectivity index (χ0v) is 14.6. The highest BCUT2D eigenvalue weighted by molar-refractivity contribution is 4.93. The van der Waals surface area contributed by atoms with Crippen LogP contribution in [0.4, 0.5) is 0 Å². The van der Waals surface area contributed by atoms with Gasteiger partial charge in [0.15, 0.2) is 0 Å². The Morgan fingerprint density at radius 1 is 0.900 bits per heavy atom. The third-order valence-electron chi connectivity index (χ3n) is 5.50. The van der Waals surface area contributed by atoms with Gasteiger partial charge in [-0.15, -0.1) is 0 Å². The molecule has 2 unspecified atom stereocenters. The molecule has 0 aromatic heterocycles. The summed E-state index contributed by atoms with van der Waals surface area (Å²) in [6.07, 6.45) is 5.66. The molecule has 0 amide bonds. The van der Waals surface area contributed by atoms with Gasteiger partial charge in [-0.05, 0) is 83.3 Å². The summed E-state index contributed by atoms with van der Waals surface area (Å²) in [6.45, 7) is 17.9. The topological polar surface area (TPSA) is 15.3 Å². The first-order valence-corrected chi connectivity index (χ1v) is 8.66. The summed E-state index contributed by atoms with van der Waals surface area (Å²) in [4.78, 5) is 2.79. The maximum atomic E-state index is 3.70. The van der Waals surface area contributed by atoms with Crippen molar-refractivity contribution in [2.75, 3.05) is 19.6 Å². The number of likely N-dealkylation sites (tertiary alicyclic amines) is 1. The number of hydrogen-bond acceptors (Lipinski definition) is 2. The normalized spacial score (nSPS) is 30.3. The van der Waals surface area contributed by atoms with E-state index in [0.29, 0.717) is 5.41 Å². The van der Waals surface area contributed by atoms with Crippen LogP contribution in [0.2, 0.25) is 0 Å². The third kappa shape index (κ3) is 4.21. The van der Waals surface area contributed by atoms with Crippen LogP contribution in [0.5, 0.6) is 0 Å². The van der Waals surface area contributed by atoms with Crippen molar-refractivity contribution in [3.05, 3.63) is 0 Å². The summed E-state index contributed by atoms with van der Waals surface area (Å²) in [5, 5.41) is 3.70. The van der Waals surface area contributed by atoms with Crippen molar-refractivity contribution in [3.63, 3.8) is 0 Å². The first-order valence-electron chi connectivity index (χ1n) is 8.66. The minimum absolute atomic E-state index is 0.263. The second kappa shape index (κ2) is 5.96. The molecule has 0 spiro atoms. The number of rotatable bonds is 3. The van der Waals surface area contributed by atoms with Gasteiger partial charge in [-0.2, -0.15) is 0 Å². The van der Waals surface area contributed by atoms with Crippen molar-refractivity contribution in [2.45, 2.75) is 78.8 Å². The molecule has 118 valence electrons. The van der Waals surface area contributed by atoms with E-state index in [1.165, 1.54) is 45.3 Å². The summed E-state index contributed by atoms with van der Waals surface area (Å²) in [5.74, 6) is 1.81. The Kier molecular flexibility index (Phi) is 4.86. The van der Waals surface area contributed by atoms with Gasteiger partial charge in [0.2, 0.25) is 0 Å². The molecule has 1 saturated heterocycles. The van der Waals surface area contributed by atoms with Crippen LogP contribution in [-0.4, -0.2) is 36.1 Å². The van der Waals surface area contributed by atoms with Crippen LogP contribution in [0.25, 0.3) is 0 Å². The van der Waals surface area contributed by atoms with Gasteiger partial charge in [0, 0.05) is 11.6 Å². The average Bonchev–Trinajstić information content (AvgIpc) is 2.25. The largest absolute Gasteiger partial charge is 0.312 e. The summed E-state index contributed by atoms with van der Waals surface area (Å²) < 4.78 is 0. The Morgan fingerprint density at radius 3 is 1.90 bits per heavy atom. The van der Waals surface area contributed by atoms with E-state index >= 15 is 0 Å². The number of nitrogens with zero attached hydrogens (tertiary/aromatic N) is 1. The van der Waals surface area contributed by atoms with E-state index in [1.807, 2.05) is 0 Å². The molecule has 1 N–H and O–H groups in total. The molecule has 1 aliphatic heterocycles. The predicted molar refractivity (Wildman–Crippen MR) is 88.0 cm³/mol. The molecular weight excluding hydrogens is 244 g/mol. The lowest BCUT2D eigenvalue weighted by Gasteiger charge is -2.49. The van der Waals surface area contributed by atoms with E-state index in [0.717, 1.165) is 17.9 Å². The molecule has 2 heteroatoms. The zero-order valence-electron chi connectivity index (χ0n) is 14.6. The predicted octanol–water partition coefficient (Wildman–Crippen LogP) is 3.91. The average molecular weight is 281 g/mol. The van der Waals surface area contributed by atoms with Crippen molar-refractivity contribution in [2.24, 2.45) is 17.3 Å². The fraction of sp³-hybridized carbons (Fsp3) is 1.00. The van der Waals surface area contributed by atoms with Gasteiger partial charge < -0.3 is 10.2 Å². The van der Waals surface area contributed by atoms with Crippen LogP contribution >= 0.6 is 0 Å². The molecule has 0 aromatic rings. The minimum atomic E-state index is 0.263. The fourth-order valence-corrected chi connectivity index (χ4v) is 3.80. The van der Waals surface area contributed by atoms with E-state index in [1.54, 1.807) is 0 Å². The maximum Gasteiger partial charge on any atom is 0.0136 e. The summed E-state index contributed by atoms with van der Waals surface area (Å²) in [5.41, 5.74) is 0.762. The highest BCUT2D eigenvalue weighted by Gasteiger charge is 2.38. The second-order valence-corrected chi connectivity index (χ2v) is 9.21. The molecule has 2 aliphatic rings. The summed E-state index contributed by atoms with van der Waals surface area (Å²) >= 11 is 0. The van der Waals surface area contributed by atoms with Crippen LogP contribution < -0.4 is 5.32 Å². The second-order valence-electron chi connectivity index (χ2n) is 9.21. The molecule has 2 nitrogen and oxygen atoms in total. The lowest BCUT2D eigenvalue weighted by Crippen LogP contribution is -2.55. The van der Waals surface area contributed by atoms with Gasteiger partial charge in [0.05, 0.1) is 0 Å². The van der Waals surface area contributed by atoms with Crippen LogP contribution in [0, 0.1) is 17.3 Å². The zero-order chi connectivity index (χ0) is 15.0. The van der Waals surface area contributed by atoms with Crippen molar-refractivity contribution in [1.82, 2.24) is 10.2 Å². The van der Waals surface area contributed by atoms with Gasteiger partial charge in [0.25, 0.3) is 0 Å². The SMILES string of the molecule is CC(C)(C)NCC1CCC1N1CCC(C(C)(C)C)CC1. The molecule has 0 aromatic carbocycles. The molecular formula is C18H36N2. The Hall–Kier alpha value is -0.0800. The van der Waals surface area contributed by atoms with Crippen LogP contribution in [0.15, 0.2) is 0 Å². The highest BCUT2D eigenvalue weighted by atomic mass is 15.2. The van der Waals surface area contributed by atoms with Crippen LogP contribution in [-0.2, 0) is 0 Å². The first-order chi connectivity index (χ1) is 9.17. The lowest BCUT2D eigenvalue weighted by molar-refractivity contribution is 0.0144. The first kappa shape index (κ1) is 16.3. The Labute approximate surface area is 126 Å². The highest BCUT2D eigenvalue weighted by Crippen LogP contribution is 2.38. The van der Waals surface area contributed by atoms with E-state index in [2.05, 4.69) is 51.8 Å². The molecule has 0 bridgehead atoms. The van der Waals surface area contributed by atoms with Gasteiger partial charge >= 0.3 is 0 Å². The third-order valence-corrected chi connectivity index (χ3v) is 5.50. The minimum Gasteiger partial charge on any atom is -0.312 e. The van der Waals surface area contributed by atoms with Crippen molar-refractivity contribution in [1.29, 1.82) is 0 Å². The Bertz CT molecular complexity index is 302. The van der Waals surface area contributed by atoms with E-state index in [4.69, 9.17) is 0 Å². The quantitative estimate of drug-likeness (QED) is 0.843. The summed E-state index contributed by atoms with van der Waals surface area (Å²) in [7, 11) is 0. The van der Waals surface area contributed by atoms with Gasteiger partial charge in [0.1, 0.15) is 0 Å². The van der Waals surface area contributed by atoms with Gasteiger partial charge in [-0.25, -0.2) is 0 Å².